The SMILES string of the molecule is CCC(CC)c1ccc(-n2c[n+](C(C)C)c3cccnc32)cc1. The molecule has 3 rings (SSSR count). The highest BCUT2D eigenvalue weighted by Crippen LogP contribution is 2.24. The first-order valence-corrected chi connectivity index (χ1v) is 8.63. The fourth-order valence-electron chi connectivity index (χ4n) is 3.28. The van der Waals surface area contributed by atoms with E-state index in [0.29, 0.717) is 12.0 Å². The van der Waals surface area contributed by atoms with E-state index in [0.717, 1.165) is 5.65 Å². The van der Waals surface area contributed by atoms with Crippen LogP contribution in [0.1, 0.15) is 58.1 Å². The molecule has 0 bridgehead atoms. The van der Waals surface area contributed by atoms with E-state index in [1.54, 1.807) is 0 Å². The summed E-state index contributed by atoms with van der Waals surface area (Å²) in [6.45, 7) is 8.92. The Hall–Kier alpha value is -2.16. The largest absolute Gasteiger partial charge is 0.273 e. The number of rotatable bonds is 5. The number of aromatic nitrogens is 3. The van der Waals surface area contributed by atoms with Crippen LogP contribution in [-0.2, 0) is 0 Å². The Kier molecular flexibility index (Phi) is 4.46. The first kappa shape index (κ1) is 15.7. The molecule has 0 N–H and O–H groups in total. The highest BCUT2D eigenvalue weighted by molar-refractivity contribution is 5.69. The Balaban J connectivity index is 2.07. The van der Waals surface area contributed by atoms with Crippen molar-refractivity contribution in [2.45, 2.75) is 52.5 Å². The van der Waals surface area contributed by atoms with E-state index < -0.39 is 0 Å². The molecule has 2 aromatic heterocycles. The standard InChI is InChI=1S/C20H26N3/c1-5-16(6-2)17-9-11-18(12-10-17)23-14-22(15(3)4)19-8-7-13-21-20(19)23/h7-16H,5-6H2,1-4H3/q+1. The lowest BCUT2D eigenvalue weighted by Crippen LogP contribution is -2.34. The quantitative estimate of drug-likeness (QED) is 0.621. The summed E-state index contributed by atoms with van der Waals surface area (Å²) in [6.07, 6.45) is 6.41. The number of hydrogen-bond acceptors (Lipinski definition) is 1. The highest BCUT2D eigenvalue weighted by Gasteiger charge is 2.20. The van der Waals surface area contributed by atoms with Crippen LogP contribution in [0.15, 0.2) is 48.9 Å². The molecule has 0 spiro atoms. The summed E-state index contributed by atoms with van der Waals surface area (Å²) in [6, 6.07) is 13.5. The van der Waals surface area contributed by atoms with Gasteiger partial charge in [0, 0.05) is 6.20 Å². The van der Waals surface area contributed by atoms with Crippen molar-refractivity contribution in [3.05, 3.63) is 54.5 Å². The Morgan fingerprint density at radius 1 is 1.04 bits per heavy atom. The highest BCUT2D eigenvalue weighted by atomic mass is 15.2. The lowest BCUT2D eigenvalue weighted by molar-refractivity contribution is -0.691. The third kappa shape index (κ3) is 2.88. The van der Waals surface area contributed by atoms with Crippen molar-refractivity contribution in [2.75, 3.05) is 0 Å². The average molecular weight is 308 g/mol. The maximum atomic E-state index is 4.59. The molecule has 0 amide bonds. The average Bonchev–Trinajstić information content (AvgIpc) is 2.97. The second-order valence-corrected chi connectivity index (χ2v) is 6.44. The van der Waals surface area contributed by atoms with Crippen molar-refractivity contribution in [1.82, 2.24) is 9.55 Å². The van der Waals surface area contributed by atoms with Crippen LogP contribution in [0, 0.1) is 0 Å². The van der Waals surface area contributed by atoms with E-state index in [2.05, 4.69) is 78.5 Å². The molecular formula is C20H26N3+. The van der Waals surface area contributed by atoms with Crippen molar-refractivity contribution in [3.63, 3.8) is 0 Å². The number of pyridine rings is 1. The molecule has 3 aromatic rings. The van der Waals surface area contributed by atoms with Gasteiger partial charge in [-0.1, -0.05) is 26.0 Å². The van der Waals surface area contributed by atoms with E-state index in [1.807, 2.05) is 12.3 Å². The van der Waals surface area contributed by atoms with Gasteiger partial charge in [0.15, 0.2) is 5.52 Å². The molecule has 3 heteroatoms. The van der Waals surface area contributed by atoms with Crippen LogP contribution < -0.4 is 4.57 Å². The van der Waals surface area contributed by atoms with Gasteiger partial charge in [0.05, 0.1) is 6.04 Å². The van der Waals surface area contributed by atoms with E-state index in [4.69, 9.17) is 0 Å². The van der Waals surface area contributed by atoms with Gasteiger partial charge in [-0.05, 0) is 62.4 Å². The molecule has 0 radical (unpaired) electrons. The summed E-state index contributed by atoms with van der Waals surface area (Å²) >= 11 is 0. The fraction of sp³-hybridized carbons (Fsp3) is 0.400. The first-order chi connectivity index (χ1) is 11.2. The Labute approximate surface area is 138 Å². The van der Waals surface area contributed by atoms with E-state index in [-0.39, 0.29) is 0 Å². The van der Waals surface area contributed by atoms with Crippen LogP contribution >= 0.6 is 0 Å². The molecule has 0 unspecified atom stereocenters. The zero-order valence-electron chi connectivity index (χ0n) is 14.5. The van der Waals surface area contributed by atoms with Crippen LogP contribution in [0.4, 0.5) is 0 Å². The zero-order chi connectivity index (χ0) is 16.4. The van der Waals surface area contributed by atoms with E-state index in [9.17, 15) is 0 Å². The molecule has 0 atom stereocenters. The normalized spacial score (nSPS) is 11.7. The van der Waals surface area contributed by atoms with Crippen molar-refractivity contribution >= 4 is 11.2 Å². The van der Waals surface area contributed by atoms with Gasteiger partial charge in [0.2, 0.25) is 0 Å². The second-order valence-electron chi connectivity index (χ2n) is 6.44. The van der Waals surface area contributed by atoms with Crippen LogP contribution in [0.3, 0.4) is 0 Å². The fourth-order valence-corrected chi connectivity index (χ4v) is 3.28. The van der Waals surface area contributed by atoms with Gasteiger partial charge in [0.25, 0.3) is 12.0 Å². The van der Waals surface area contributed by atoms with Gasteiger partial charge in [-0.2, -0.15) is 4.57 Å². The van der Waals surface area contributed by atoms with Crippen molar-refractivity contribution in [1.29, 1.82) is 0 Å². The molecule has 0 aliphatic heterocycles. The van der Waals surface area contributed by atoms with Crippen molar-refractivity contribution < 1.29 is 4.57 Å². The van der Waals surface area contributed by atoms with Gasteiger partial charge in [-0.3, -0.25) is 0 Å². The van der Waals surface area contributed by atoms with Crippen LogP contribution in [-0.4, -0.2) is 9.55 Å². The van der Waals surface area contributed by atoms with Gasteiger partial charge < -0.3 is 0 Å². The van der Waals surface area contributed by atoms with Crippen molar-refractivity contribution in [2.24, 2.45) is 0 Å². The van der Waals surface area contributed by atoms with Crippen LogP contribution in [0.25, 0.3) is 16.9 Å². The molecule has 23 heavy (non-hydrogen) atoms. The lowest BCUT2D eigenvalue weighted by Gasteiger charge is -2.12. The van der Waals surface area contributed by atoms with E-state index in [1.165, 1.54) is 29.6 Å². The zero-order valence-corrected chi connectivity index (χ0v) is 14.5. The Bertz CT molecular complexity index is 780. The Morgan fingerprint density at radius 3 is 2.35 bits per heavy atom. The van der Waals surface area contributed by atoms with Crippen LogP contribution in [0.2, 0.25) is 0 Å². The minimum atomic E-state index is 0.409. The minimum absolute atomic E-state index is 0.409. The monoisotopic (exact) mass is 308 g/mol. The molecule has 0 aliphatic carbocycles. The molecule has 120 valence electrons. The summed E-state index contributed by atoms with van der Waals surface area (Å²) in [7, 11) is 0. The summed E-state index contributed by atoms with van der Waals surface area (Å²) in [5.74, 6) is 0.657. The van der Waals surface area contributed by atoms with Gasteiger partial charge in [-0.25, -0.2) is 9.55 Å². The van der Waals surface area contributed by atoms with Gasteiger partial charge in [0.1, 0.15) is 5.69 Å². The lowest BCUT2D eigenvalue weighted by atomic mass is 9.94. The van der Waals surface area contributed by atoms with Crippen molar-refractivity contribution in [3.8, 4) is 5.69 Å². The predicted octanol–water partition coefficient (Wildman–Crippen LogP) is 4.80. The number of fused-ring (bicyclic) bond motifs is 1. The van der Waals surface area contributed by atoms with Crippen LogP contribution in [0.5, 0.6) is 0 Å². The third-order valence-electron chi connectivity index (χ3n) is 4.70. The first-order valence-electron chi connectivity index (χ1n) is 8.63. The molecule has 2 heterocycles. The maximum absolute atomic E-state index is 4.59. The molecule has 3 nitrogen and oxygen atoms in total. The second kappa shape index (κ2) is 6.53. The Morgan fingerprint density at radius 2 is 1.74 bits per heavy atom. The summed E-state index contributed by atoms with van der Waals surface area (Å²) in [4.78, 5) is 4.59. The number of hydrogen-bond donors (Lipinski definition) is 0. The minimum Gasteiger partial charge on any atom is -0.226 e. The molecular weight excluding hydrogens is 282 g/mol. The molecule has 0 fully saturated rings. The summed E-state index contributed by atoms with van der Waals surface area (Å²) in [5.41, 5.74) is 4.78. The smallest absolute Gasteiger partial charge is 0.226 e. The van der Waals surface area contributed by atoms with Gasteiger partial charge >= 0.3 is 0 Å². The number of imidazole rings is 1. The predicted molar refractivity (Wildman–Crippen MR) is 95.0 cm³/mol. The molecule has 0 saturated carbocycles. The summed E-state index contributed by atoms with van der Waals surface area (Å²) in [5, 5.41) is 0. The molecule has 1 aromatic carbocycles. The molecule has 0 aliphatic rings. The topological polar surface area (TPSA) is 21.7 Å². The molecule has 0 saturated heterocycles. The van der Waals surface area contributed by atoms with Gasteiger partial charge in [-0.15, -0.1) is 0 Å². The van der Waals surface area contributed by atoms with E-state index >= 15 is 0 Å². The number of benzene rings is 1. The summed E-state index contributed by atoms with van der Waals surface area (Å²) < 4.78 is 4.46. The third-order valence-corrected chi connectivity index (χ3v) is 4.70. The maximum Gasteiger partial charge on any atom is 0.273 e. The number of nitrogens with zero attached hydrogens (tertiary/aromatic N) is 3.